The Morgan fingerprint density at radius 3 is 2.57 bits per heavy atom. The summed E-state index contributed by atoms with van der Waals surface area (Å²) < 4.78 is 0. The number of hydrogen-bond acceptors (Lipinski definition) is 3. The van der Waals surface area contributed by atoms with E-state index in [1.807, 2.05) is 6.07 Å². The first-order valence-electron chi connectivity index (χ1n) is 6.94. The summed E-state index contributed by atoms with van der Waals surface area (Å²) in [5, 5.41) is 8.13. The van der Waals surface area contributed by atoms with Crippen molar-refractivity contribution in [3.05, 3.63) is 77.1 Å². The van der Waals surface area contributed by atoms with Gasteiger partial charge in [0.25, 0.3) is 0 Å². The van der Waals surface area contributed by atoms with E-state index in [9.17, 15) is 0 Å². The summed E-state index contributed by atoms with van der Waals surface area (Å²) in [6.45, 7) is 2.12. The second kappa shape index (κ2) is 6.59. The molecule has 4 heteroatoms. The molecule has 3 nitrogen and oxygen atoms in total. The SMILES string of the molecule is Cc1ccccc1Cc1nc(SCc2ccccc2)n[nH]1. The van der Waals surface area contributed by atoms with Gasteiger partial charge in [-0.25, -0.2) is 4.98 Å². The number of aromatic amines is 1. The Kier molecular flexibility index (Phi) is 4.36. The fourth-order valence-corrected chi connectivity index (χ4v) is 2.91. The predicted molar refractivity (Wildman–Crippen MR) is 86.4 cm³/mol. The largest absolute Gasteiger partial charge is 0.262 e. The minimum absolute atomic E-state index is 0.797. The molecule has 0 atom stereocenters. The third kappa shape index (κ3) is 3.73. The van der Waals surface area contributed by atoms with Crippen LogP contribution in [0.15, 0.2) is 59.8 Å². The van der Waals surface area contributed by atoms with Crippen molar-refractivity contribution < 1.29 is 0 Å². The molecule has 0 aliphatic rings. The Balaban J connectivity index is 1.63. The molecule has 0 unspecified atom stereocenters. The zero-order valence-corrected chi connectivity index (χ0v) is 12.7. The maximum Gasteiger partial charge on any atom is 0.208 e. The van der Waals surface area contributed by atoms with E-state index in [1.54, 1.807) is 11.8 Å². The van der Waals surface area contributed by atoms with Crippen molar-refractivity contribution >= 4 is 11.8 Å². The molecule has 3 aromatic rings. The molecule has 0 bridgehead atoms. The lowest BCUT2D eigenvalue weighted by molar-refractivity contribution is 0.953. The molecule has 1 heterocycles. The van der Waals surface area contributed by atoms with E-state index in [0.717, 1.165) is 23.2 Å². The molecule has 2 aromatic carbocycles. The van der Waals surface area contributed by atoms with Crippen molar-refractivity contribution in [2.45, 2.75) is 24.3 Å². The van der Waals surface area contributed by atoms with E-state index in [1.165, 1.54) is 16.7 Å². The molecule has 1 N–H and O–H groups in total. The second-order valence-electron chi connectivity index (χ2n) is 4.94. The number of hydrogen-bond donors (Lipinski definition) is 1. The minimum Gasteiger partial charge on any atom is -0.262 e. The average molecular weight is 295 g/mol. The van der Waals surface area contributed by atoms with Gasteiger partial charge in [0.05, 0.1) is 0 Å². The van der Waals surface area contributed by atoms with Crippen LogP contribution in [0.25, 0.3) is 0 Å². The number of benzene rings is 2. The van der Waals surface area contributed by atoms with Gasteiger partial charge in [0.1, 0.15) is 5.82 Å². The van der Waals surface area contributed by atoms with Crippen molar-refractivity contribution in [2.75, 3.05) is 0 Å². The van der Waals surface area contributed by atoms with Crippen molar-refractivity contribution in [2.24, 2.45) is 0 Å². The van der Waals surface area contributed by atoms with Crippen molar-refractivity contribution in [1.82, 2.24) is 15.2 Å². The Hall–Kier alpha value is -2.07. The van der Waals surface area contributed by atoms with Crippen LogP contribution in [-0.2, 0) is 12.2 Å². The molecule has 0 spiro atoms. The standard InChI is InChI=1S/C17H17N3S/c1-13-7-5-6-10-15(13)11-16-18-17(20-19-16)21-12-14-8-3-2-4-9-14/h2-10H,11-12H2,1H3,(H,18,19,20). The maximum absolute atomic E-state index is 4.56. The van der Waals surface area contributed by atoms with E-state index in [4.69, 9.17) is 0 Å². The van der Waals surface area contributed by atoms with Gasteiger partial charge in [0.2, 0.25) is 5.16 Å². The summed E-state index contributed by atoms with van der Waals surface area (Å²) in [5.41, 5.74) is 3.86. The lowest BCUT2D eigenvalue weighted by Gasteiger charge is -2.01. The Bertz CT molecular complexity index is 707. The Morgan fingerprint density at radius 2 is 1.76 bits per heavy atom. The van der Waals surface area contributed by atoms with E-state index >= 15 is 0 Å². The molecule has 0 aliphatic heterocycles. The van der Waals surface area contributed by atoms with Crippen LogP contribution in [0.1, 0.15) is 22.5 Å². The van der Waals surface area contributed by atoms with Gasteiger partial charge in [-0.05, 0) is 23.6 Å². The third-order valence-electron chi connectivity index (χ3n) is 3.34. The molecule has 21 heavy (non-hydrogen) atoms. The highest BCUT2D eigenvalue weighted by molar-refractivity contribution is 7.98. The van der Waals surface area contributed by atoms with Crippen molar-refractivity contribution in [1.29, 1.82) is 0 Å². The number of nitrogens with one attached hydrogen (secondary N) is 1. The van der Waals surface area contributed by atoms with Gasteiger partial charge in [-0.3, -0.25) is 5.10 Å². The first-order chi connectivity index (χ1) is 10.3. The average Bonchev–Trinajstić information content (AvgIpc) is 2.96. The van der Waals surface area contributed by atoms with Crippen LogP contribution in [0.4, 0.5) is 0 Å². The highest BCUT2D eigenvalue weighted by atomic mass is 32.2. The number of thioether (sulfide) groups is 1. The van der Waals surface area contributed by atoms with Crippen LogP contribution in [0, 0.1) is 6.92 Å². The van der Waals surface area contributed by atoms with Crippen LogP contribution >= 0.6 is 11.8 Å². The number of H-pyrrole nitrogens is 1. The molecule has 0 radical (unpaired) electrons. The normalized spacial score (nSPS) is 10.7. The molecule has 1 aromatic heterocycles. The van der Waals surface area contributed by atoms with Crippen LogP contribution in [-0.4, -0.2) is 15.2 Å². The summed E-state index contributed by atoms with van der Waals surface area (Å²) in [6, 6.07) is 18.7. The van der Waals surface area contributed by atoms with E-state index in [2.05, 4.69) is 70.6 Å². The summed E-state index contributed by atoms with van der Waals surface area (Å²) in [7, 11) is 0. The van der Waals surface area contributed by atoms with Crippen LogP contribution in [0.5, 0.6) is 0 Å². The lowest BCUT2D eigenvalue weighted by atomic mass is 10.1. The summed E-state index contributed by atoms with van der Waals surface area (Å²) >= 11 is 1.66. The molecule has 0 saturated carbocycles. The zero-order valence-electron chi connectivity index (χ0n) is 11.9. The highest BCUT2D eigenvalue weighted by Gasteiger charge is 2.06. The van der Waals surface area contributed by atoms with E-state index in [-0.39, 0.29) is 0 Å². The Morgan fingerprint density at radius 1 is 1.00 bits per heavy atom. The molecule has 0 aliphatic carbocycles. The predicted octanol–water partition coefficient (Wildman–Crippen LogP) is 4.00. The first-order valence-corrected chi connectivity index (χ1v) is 7.92. The quantitative estimate of drug-likeness (QED) is 0.723. The number of rotatable bonds is 5. The molecule has 0 saturated heterocycles. The summed E-state index contributed by atoms with van der Waals surface area (Å²) in [5.74, 6) is 1.81. The van der Waals surface area contributed by atoms with Gasteiger partial charge in [-0.2, -0.15) is 0 Å². The van der Waals surface area contributed by atoms with Gasteiger partial charge in [-0.1, -0.05) is 66.4 Å². The van der Waals surface area contributed by atoms with E-state index < -0.39 is 0 Å². The molecular formula is C17H17N3S. The summed E-state index contributed by atoms with van der Waals surface area (Å²) in [6.07, 6.45) is 0.797. The third-order valence-corrected chi connectivity index (χ3v) is 4.26. The molecule has 0 amide bonds. The van der Waals surface area contributed by atoms with E-state index in [0.29, 0.717) is 0 Å². The monoisotopic (exact) mass is 295 g/mol. The maximum atomic E-state index is 4.56. The first kappa shape index (κ1) is 13.9. The van der Waals surface area contributed by atoms with Gasteiger partial charge in [0.15, 0.2) is 0 Å². The smallest absolute Gasteiger partial charge is 0.208 e. The van der Waals surface area contributed by atoms with Crippen LogP contribution < -0.4 is 0 Å². The number of aromatic nitrogens is 3. The lowest BCUT2D eigenvalue weighted by Crippen LogP contribution is -1.93. The highest BCUT2D eigenvalue weighted by Crippen LogP contribution is 2.19. The van der Waals surface area contributed by atoms with Crippen LogP contribution in [0.2, 0.25) is 0 Å². The van der Waals surface area contributed by atoms with Crippen LogP contribution in [0.3, 0.4) is 0 Å². The molecule has 106 valence electrons. The number of aryl methyl sites for hydroxylation is 1. The summed E-state index contributed by atoms with van der Waals surface area (Å²) in [4.78, 5) is 4.56. The fraction of sp³-hybridized carbons (Fsp3) is 0.176. The minimum atomic E-state index is 0.797. The van der Waals surface area contributed by atoms with Gasteiger partial charge in [0, 0.05) is 12.2 Å². The molecule has 3 rings (SSSR count). The van der Waals surface area contributed by atoms with Crippen molar-refractivity contribution in [3.63, 3.8) is 0 Å². The Labute approximate surface area is 128 Å². The fourth-order valence-electron chi connectivity index (χ4n) is 2.13. The zero-order chi connectivity index (χ0) is 14.5. The van der Waals surface area contributed by atoms with Gasteiger partial charge >= 0.3 is 0 Å². The molecular weight excluding hydrogens is 278 g/mol. The molecule has 0 fully saturated rings. The number of nitrogens with zero attached hydrogens (tertiary/aromatic N) is 2. The second-order valence-corrected chi connectivity index (χ2v) is 5.88. The van der Waals surface area contributed by atoms with Gasteiger partial charge < -0.3 is 0 Å². The van der Waals surface area contributed by atoms with Crippen molar-refractivity contribution in [3.8, 4) is 0 Å². The topological polar surface area (TPSA) is 41.6 Å². The van der Waals surface area contributed by atoms with Gasteiger partial charge in [-0.15, -0.1) is 5.10 Å².